The fourth-order valence-electron chi connectivity index (χ4n) is 3.69. The summed E-state index contributed by atoms with van der Waals surface area (Å²) in [4.78, 5) is 39.6. The van der Waals surface area contributed by atoms with Gasteiger partial charge in [0.25, 0.3) is 5.91 Å². The first-order chi connectivity index (χ1) is 15.4. The normalized spacial score (nSPS) is 14.7. The second-order valence-corrected chi connectivity index (χ2v) is 8.60. The SMILES string of the molecule is CC(C)CNC(=O)c1ccccc1NC(=O)CN1CCC(C(=O)Nc2ccccc2)CC1. The zero-order valence-electron chi connectivity index (χ0n) is 18.8. The van der Waals surface area contributed by atoms with E-state index >= 15 is 0 Å². The summed E-state index contributed by atoms with van der Waals surface area (Å²) in [5.41, 5.74) is 1.77. The minimum absolute atomic E-state index is 0.0293. The zero-order chi connectivity index (χ0) is 22.9. The average molecular weight is 437 g/mol. The third-order valence-corrected chi connectivity index (χ3v) is 5.48. The second-order valence-electron chi connectivity index (χ2n) is 8.60. The van der Waals surface area contributed by atoms with Crippen molar-refractivity contribution in [3.8, 4) is 0 Å². The van der Waals surface area contributed by atoms with Gasteiger partial charge in [-0.2, -0.15) is 0 Å². The summed E-state index contributed by atoms with van der Waals surface area (Å²) < 4.78 is 0. The maximum Gasteiger partial charge on any atom is 0.253 e. The Morgan fingerprint density at radius 3 is 2.28 bits per heavy atom. The Kier molecular flexibility index (Phi) is 8.39. The average Bonchev–Trinajstić information content (AvgIpc) is 2.79. The summed E-state index contributed by atoms with van der Waals surface area (Å²) in [5.74, 6) is -0.0407. The van der Waals surface area contributed by atoms with E-state index in [2.05, 4.69) is 16.0 Å². The van der Waals surface area contributed by atoms with Crippen molar-refractivity contribution >= 4 is 29.1 Å². The predicted octanol–water partition coefficient (Wildman–Crippen LogP) is 3.36. The summed E-state index contributed by atoms with van der Waals surface area (Å²) in [5, 5.41) is 8.72. The van der Waals surface area contributed by atoms with Gasteiger partial charge in [-0.1, -0.05) is 44.2 Å². The van der Waals surface area contributed by atoms with Crippen LogP contribution in [-0.2, 0) is 9.59 Å². The number of anilines is 2. The fourth-order valence-corrected chi connectivity index (χ4v) is 3.69. The van der Waals surface area contributed by atoms with Gasteiger partial charge in [-0.15, -0.1) is 0 Å². The largest absolute Gasteiger partial charge is 0.352 e. The van der Waals surface area contributed by atoms with E-state index in [1.165, 1.54) is 0 Å². The topological polar surface area (TPSA) is 90.5 Å². The van der Waals surface area contributed by atoms with Gasteiger partial charge in [-0.25, -0.2) is 0 Å². The van der Waals surface area contributed by atoms with Crippen LogP contribution in [0, 0.1) is 11.8 Å². The van der Waals surface area contributed by atoms with E-state index in [1.807, 2.05) is 49.1 Å². The molecule has 3 rings (SSSR count). The smallest absolute Gasteiger partial charge is 0.253 e. The highest BCUT2D eigenvalue weighted by molar-refractivity contribution is 6.04. The highest BCUT2D eigenvalue weighted by atomic mass is 16.2. The molecule has 0 unspecified atom stereocenters. The molecule has 1 aliphatic rings. The van der Waals surface area contributed by atoms with Gasteiger partial charge >= 0.3 is 0 Å². The van der Waals surface area contributed by atoms with E-state index in [9.17, 15) is 14.4 Å². The number of carbonyl (C=O) groups excluding carboxylic acids is 3. The maximum atomic E-state index is 12.6. The minimum atomic E-state index is -0.195. The van der Waals surface area contributed by atoms with E-state index in [1.54, 1.807) is 24.3 Å². The minimum Gasteiger partial charge on any atom is -0.352 e. The number of hydrogen-bond acceptors (Lipinski definition) is 4. The summed E-state index contributed by atoms with van der Waals surface area (Å²) >= 11 is 0. The Hall–Kier alpha value is -3.19. The number of para-hydroxylation sites is 2. The molecule has 0 atom stereocenters. The molecule has 2 aromatic carbocycles. The lowest BCUT2D eigenvalue weighted by Gasteiger charge is -2.30. The van der Waals surface area contributed by atoms with Crippen LogP contribution in [0.5, 0.6) is 0 Å². The van der Waals surface area contributed by atoms with Gasteiger partial charge in [0, 0.05) is 18.2 Å². The van der Waals surface area contributed by atoms with Crippen LogP contribution in [0.15, 0.2) is 54.6 Å². The van der Waals surface area contributed by atoms with Crippen LogP contribution in [0.1, 0.15) is 37.0 Å². The van der Waals surface area contributed by atoms with Gasteiger partial charge in [0.1, 0.15) is 0 Å². The lowest BCUT2D eigenvalue weighted by molar-refractivity contribution is -0.121. The Labute approximate surface area is 189 Å². The lowest BCUT2D eigenvalue weighted by Crippen LogP contribution is -2.42. The Balaban J connectivity index is 1.47. The van der Waals surface area contributed by atoms with Crippen LogP contribution >= 0.6 is 0 Å². The van der Waals surface area contributed by atoms with Gasteiger partial charge in [0.2, 0.25) is 11.8 Å². The standard InChI is InChI=1S/C25H32N4O3/c1-18(2)16-26-25(32)21-10-6-7-11-22(21)28-23(30)17-29-14-12-19(13-15-29)24(31)27-20-8-4-3-5-9-20/h3-11,18-19H,12-17H2,1-2H3,(H,26,32)(H,27,31)(H,28,30). The molecule has 0 bridgehead atoms. The number of carbonyl (C=O) groups is 3. The Bertz CT molecular complexity index is 922. The van der Waals surface area contributed by atoms with E-state index in [4.69, 9.17) is 0 Å². The number of nitrogens with zero attached hydrogens (tertiary/aromatic N) is 1. The molecule has 0 aliphatic carbocycles. The summed E-state index contributed by atoms with van der Waals surface area (Å²) in [6.45, 7) is 6.22. The number of likely N-dealkylation sites (tertiary alicyclic amines) is 1. The van der Waals surface area contributed by atoms with Gasteiger partial charge in [0.15, 0.2) is 0 Å². The fraction of sp³-hybridized carbons (Fsp3) is 0.400. The monoisotopic (exact) mass is 436 g/mol. The summed E-state index contributed by atoms with van der Waals surface area (Å²) in [6, 6.07) is 16.5. The molecule has 1 aliphatic heterocycles. The first-order valence-electron chi connectivity index (χ1n) is 11.2. The molecule has 3 amide bonds. The highest BCUT2D eigenvalue weighted by Crippen LogP contribution is 2.20. The Morgan fingerprint density at radius 2 is 1.59 bits per heavy atom. The van der Waals surface area contributed by atoms with Gasteiger partial charge in [-0.3, -0.25) is 19.3 Å². The predicted molar refractivity (Wildman–Crippen MR) is 126 cm³/mol. The van der Waals surface area contributed by atoms with E-state index < -0.39 is 0 Å². The summed E-state index contributed by atoms with van der Waals surface area (Å²) in [6.07, 6.45) is 1.42. The molecule has 7 nitrogen and oxygen atoms in total. The van der Waals surface area contributed by atoms with Crippen LogP contribution in [0.4, 0.5) is 11.4 Å². The van der Waals surface area contributed by atoms with E-state index in [-0.39, 0.29) is 30.2 Å². The van der Waals surface area contributed by atoms with Crippen molar-refractivity contribution in [2.45, 2.75) is 26.7 Å². The maximum absolute atomic E-state index is 12.6. The van der Waals surface area contributed by atoms with Crippen LogP contribution < -0.4 is 16.0 Å². The van der Waals surface area contributed by atoms with Crippen molar-refractivity contribution in [2.75, 3.05) is 36.8 Å². The van der Waals surface area contributed by atoms with Crippen LogP contribution in [0.3, 0.4) is 0 Å². The Morgan fingerprint density at radius 1 is 0.938 bits per heavy atom. The van der Waals surface area contributed by atoms with Crippen molar-refractivity contribution in [3.05, 3.63) is 60.2 Å². The molecule has 3 N–H and O–H groups in total. The number of hydrogen-bond donors (Lipinski definition) is 3. The number of piperidine rings is 1. The third kappa shape index (κ3) is 6.92. The molecule has 7 heteroatoms. The molecule has 0 aromatic heterocycles. The quantitative estimate of drug-likeness (QED) is 0.592. The molecular weight excluding hydrogens is 404 g/mol. The molecular formula is C25H32N4O3. The number of nitrogens with one attached hydrogen (secondary N) is 3. The summed E-state index contributed by atoms with van der Waals surface area (Å²) in [7, 11) is 0. The van der Waals surface area contributed by atoms with E-state index in [0.29, 0.717) is 49.6 Å². The van der Waals surface area contributed by atoms with Crippen LogP contribution in [-0.4, -0.2) is 48.8 Å². The number of benzene rings is 2. The molecule has 0 radical (unpaired) electrons. The first-order valence-corrected chi connectivity index (χ1v) is 11.2. The molecule has 0 saturated carbocycles. The molecule has 170 valence electrons. The van der Waals surface area contributed by atoms with Gasteiger partial charge in [-0.05, 0) is 56.1 Å². The van der Waals surface area contributed by atoms with Crippen molar-refractivity contribution < 1.29 is 14.4 Å². The van der Waals surface area contributed by atoms with Crippen molar-refractivity contribution in [1.82, 2.24) is 10.2 Å². The number of rotatable bonds is 8. The van der Waals surface area contributed by atoms with Gasteiger partial charge in [0.05, 0.1) is 17.8 Å². The lowest BCUT2D eigenvalue weighted by atomic mass is 9.96. The van der Waals surface area contributed by atoms with Gasteiger partial charge < -0.3 is 16.0 Å². The van der Waals surface area contributed by atoms with Crippen LogP contribution in [0.25, 0.3) is 0 Å². The third-order valence-electron chi connectivity index (χ3n) is 5.48. The second kappa shape index (κ2) is 11.4. The van der Waals surface area contributed by atoms with Crippen molar-refractivity contribution in [3.63, 3.8) is 0 Å². The van der Waals surface area contributed by atoms with E-state index in [0.717, 1.165) is 5.69 Å². The first kappa shape index (κ1) is 23.5. The molecule has 1 heterocycles. The molecule has 0 spiro atoms. The van der Waals surface area contributed by atoms with Crippen LogP contribution in [0.2, 0.25) is 0 Å². The molecule has 1 fully saturated rings. The number of amides is 3. The molecule has 32 heavy (non-hydrogen) atoms. The zero-order valence-corrected chi connectivity index (χ0v) is 18.8. The molecule has 1 saturated heterocycles. The highest BCUT2D eigenvalue weighted by Gasteiger charge is 2.26. The molecule has 2 aromatic rings. The van der Waals surface area contributed by atoms with Crippen molar-refractivity contribution in [1.29, 1.82) is 0 Å². The van der Waals surface area contributed by atoms with Crippen molar-refractivity contribution in [2.24, 2.45) is 11.8 Å².